The summed E-state index contributed by atoms with van der Waals surface area (Å²) in [6.45, 7) is 8.12. The molecule has 4 rings (SSSR count). The second kappa shape index (κ2) is 10.6. The highest BCUT2D eigenvalue weighted by atomic mass is 16.2. The zero-order valence-corrected chi connectivity index (χ0v) is 19.1. The molecular weight excluding hydrogens is 394 g/mol. The van der Waals surface area contributed by atoms with Gasteiger partial charge < -0.3 is 5.32 Å². The molecule has 0 unspecified atom stereocenters. The molecule has 1 heterocycles. The fourth-order valence-corrected chi connectivity index (χ4v) is 4.26. The van der Waals surface area contributed by atoms with E-state index in [1.54, 1.807) is 0 Å². The van der Waals surface area contributed by atoms with Crippen LogP contribution in [0.4, 0.5) is 5.69 Å². The van der Waals surface area contributed by atoms with Gasteiger partial charge in [0.25, 0.3) is 0 Å². The average molecular weight is 428 g/mol. The SMILES string of the molecule is Cc1ccc(C)c(NC(=O)[C@H](NCc2ccc(CN3CCCC3)cc2)c2ccccc2)c1. The molecule has 1 aliphatic rings. The van der Waals surface area contributed by atoms with Gasteiger partial charge in [-0.25, -0.2) is 0 Å². The van der Waals surface area contributed by atoms with Crippen molar-refractivity contribution in [2.75, 3.05) is 18.4 Å². The predicted molar refractivity (Wildman–Crippen MR) is 132 cm³/mol. The fraction of sp³-hybridized carbons (Fsp3) is 0.321. The van der Waals surface area contributed by atoms with Crippen LogP contribution >= 0.6 is 0 Å². The van der Waals surface area contributed by atoms with E-state index in [1.807, 2.05) is 56.3 Å². The number of amides is 1. The molecule has 1 atom stereocenters. The first-order valence-corrected chi connectivity index (χ1v) is 11.5. The van der Waals surface area contributed by atoms with Gasteiger partial charge in [0, 0.05) is 18.8 Å². The summed E-state index contributed by atoms with van der Waals surface area (Å²) in [6, 6.07) is 24.4. The van der Waals surface area contributed by atoms with Crippen molar-refractivity contribution in [3.63, 3.8) is 0 Å². The van der Waals surface area contributed by atoms with Gasteiger partial charge in [-0.1, -0.05) is 66.7 Å². The van der Waals surface area contributed by atoms with Gasteiger partial charge in [-0.2, -0.15) is 0 Å². The highest BCUT2D eigenvalue weighted by molar-refractivity contribution is 5.96. The lowest BCUT2D eigenvalue weighted by Crippen LogP contribution is -2.33. The van der Waals surface area contributed by atoms with Crippen LogP contribution in [0.1, 0.15) is 46.7 Å². The number of aryl methyl sites for hydroxylation is 2. The van der Waals surface area contributed by atoms with Crippen LogP contribution in [0, 0.1) is 13.8 Å². The summed E-state index contributed by atoms with van der Waals surface area (Å²) in [4.78, 5) is 15.8. The van der Waals surface area contributed by atoms with Crippen LogP contribution in [0.2, 0.25) is 0 Å². The molecule has 0 bridgehead atoms. The Morgan fingerprint density at radius 2 is 1.59 bits per heavy atom. The van der Waals surface area contributed by atoms with Gasteiger partial charge >= 0.3 is 0 Å². The van der Waals surface area contributed by atoms with Gasteiger partial charge in [0.05, 0.1) is 0 Å². The van der Waals surface area contributed by atoms with Crippen LogP contribution in [-0.4, -0.2) is 23.9 Å². The monoisotopic (exact) mass is 427 g/mol. The summed E-state index contributed by atoms with van der Waals surface area (Å²) < 4.78 is 0. The summed E-state index contributed by atoms with van der Waals surface area (Å²) in [5.41, 5.74) is 6.54. The summed E-state index contributed by atoms with van der Waals surface area (Å²) in [5.74, 6) is -0.0458. The van der Waals surface area contributed by atoms with Crippen LogP contribution in [0.5, 0.6) is 0 Å². The maximum absolute atomic E-state index is 13.3. The Bertz CT molecular complexity index is 1020. The van der Waals surface area contributed by atoms with E-state index in [1.165, 1.54) is 37.1 Å². The quantitative estimate of drug-likeness (QED) is 0.508. The normalized spacial score (nSPS) is 14.9. The molecular formula is C28H33N3O. The van der Waals surface area contributed by atoms with Crippen molar-refractivity contribution < 1.29 is 4.79 Å². The highest BCUT2D eigenvalue weighted by Gasteiger charge is 2.21. The van der Waals surface area contributed by atoms with E-state index < -0.39 is 6.04 Å². The molecule has 166 valence electrons. The van der Waals surface area contributed by atoms with Gasteiger partial charge in [0.15, 0.2) is 0 Å². The third-order valence-electron chi connectivity index (χ3n) is 6.18. The molecule has 1 amide bonds. The minimum absolute atomic E-state index is 0.0458. The first-order valence-electron chi connectivity index (χ1n) is 11.5. The molecule has 1 fully saturated rings. The Morgan fingerprint density at radius 3 is 2.31 bits per heavy atom. The number of carbonyl (C=O) groups is 1. The van der Waals surface area contributed by atoms with Crippen molar-refractivity contribution in [2.24, 2.45) is 0 Å². The van der Waals surface area contributed by atoms with E-state index in [0.29, 0.717) is 6.54 Å². The largest absolute Gasteiger partial charge is 0.324 e. The lowest BCUT2D eigenvalue weighted by molar-refractivity contribution is -0.118. The number of benzene rings is 3. The first-order chi connectivity index (χ1) is 15.6. The summed E-state index contributed by atoms with van der Waals surface area (Å²) in [6.07, 6.45) is 2.63. The lowest BCUT2D eigenvalue weighted by atomic mass is 10.0. The fourth-order valence-electron chi connectivity index (χ4n) is 4.26. The number of nitrogens with one attached hydrogen (secondary N) is 2. The van der Waals surface area contributed by atoms with Crippen molar-refractivity contribution in [1.29, 1.82) is 0 Å². The minimum Gasteiger partial charge on any atom is -0.324 e. The zero-order chi connectivity index (χ0) is 22.3. The van der Waals surface area contributed by atoms with Crippen molar-refractivity contribution in [3.05, 3.63) is 101 Å². The number of hydrogen-bond donors (Lipinski definition) is 2. The zero-order valence-electron chi connectivity index (χ0n) is 19.1. The van der Waals surface area contributed by atoms with Crippen molar-refractivity contribution in [2.45, 2.75) is 45.8 Å². The topological polar surface area (TPSA) is 44.4 Å². The Labute approximate surface area is 191 Å². The van der Waals surface area contributed by atoms with Gasteiger partial charge in [-0.3, -0.25) is 15.0 Å². The van der Waals surface area contributed by atoms with Crippen LogP contribution in [-0.2, 0) is 17.9 Å². The van der Waals surface area contributed by atoms with Crippen LogP contribution in [0.3, 0.4) is 0 Å². The number of hydrogen-bond acceptors (Lipinski definition) is 3. The van der Waals surface area contributed by atoms with E-state index in [4.69, 9.17) is 0 Å². The smallest absolute Gasteiger partial charge is 0.246 e. The minimum atomic E-state index is -0.430. The van der Waals surface area contributed by atoms with Gasteiger partial charge in [-0.15, -0.1) is 0 Å². The lowest BCUT2D eigenvalue weighted by Gasteiger charge is -2.20. The average Bonchev–Trinajstić information content (AvgIpc) is 3.31. The molecule has 0 saturated carbocycles. The second-order valence-electron chi connectivity index (χ2n) is 8.83. The molecule has 0 radical (unpaired) electrons. The Balaban J connectivity index is 1.44. The molecule has 4 nitrogen and oxygen atoms in total. The molecule has 0 aliphatic carbocycles. The summed E-state index contributed by atoms with van der Waals surface area (Å²) >= 11 is 0. The molecule has 3 aromatic carbocycles. The number of anilines is 1. The first kappa shape index (κ1) is 22.3. The van der Waals surface area contributed by atoms with Crippen molar-refractivity contribution in [3.8, 4) is 0 Å². The molecule has 3 aromatic rings. The maximum atomic E-state index is 13.3. The Morgan fingerprint density at radius 1 is 0.906 bits per heavy atom. The molecule has 1 aliphatic heterocycles. The molecule has 0 aromatic heterocycles. The Kier molecular flexibility index (Phi) is 7.35. The molecule has 32 heavy (non-hydrogen) atoms. The van der Waals surface area contributed by atoms with E-state index in [2.05, 4.69) is 45.9 Å². The third kappa shape index (κ3) is 5.84. The van der Waals surface area contributed by atoms with E-state index in [9.17, 15) is 4.79 Å². The number of likely N-dealkylation sites (tertiary alicyclic amines) is 1. The molecule has 2 N–H and O–H groups in total. The summed E-state index contributed by atoms with van der Waals surface area (Å²) in [7, 11) is 0. The number of rotatable bonds is 8. The maximum Gasteiger partial charge on any atom is 0.246 e. The third-order valence-corrected chi connectivity index (χ3v) is 6.18. The predicted octanol–water partition coefficient (Wildman–Crippen LogP) is 5.37. The Hall–Kier alpha value is -2.95. The van der Waals surface area contributed by atoms with E-state index in [-0.39, 0.29) is 5.91 Å². The molecule has 4 heteroatoms. The van der Waals surface area contributed by atoms with Crippen molar-refractivity contribution >= 4 is 11.6 Å². The van der Waals surface area contributed by atoms with E-state index in [0.717, 1.165) is 28.9 Å². The number of carbonyl (C=O) groups excluding carboxylic acids is 1. The highest BCUT2D eigenvalue weighted by Crippen LogP contribution is 2.21. The molecule has 0 spiro atoms. The number of nitrogens with zero attached hydrogens (tertiary/aromatic N) is 1. The molecule has 1 saturated heterocycles. The second-order valence-corrected chi connectivity index (χ2v) is 8.83. The van der Waals surface area contributed by atoms with Crippen LogP contribution in [0.15, 0.2) is 72.8 Å². The van der Waals surface area contributed by atoms with Gasteiger partial charge in [-0.05, 0) is 73.7 Å². The van der Waals surface area contributed by atoms with Gasteiger partial charge in [0.1, 0.15) is 6.04 Å². The van der Waals surface area contributed by atoms with Crippen LogP contribution < -0.4 is 10.6 Å². The van der Waals surface area contributed by atoms with Crippen molar-refractivity contribution in [1.82, 2.24) is 10.2 Å². The van der Waals surface area contributed by atoms with Crippen LogP contribution in [0.25, 0.3) is 0 Å². The van der Waals surface area contributed by atoms with Gasteiger partial charge in [0.2, 0.25) is 5.91 Å². The standard InChI is InChI=1S/C28H33N3O/c1-21-10-11-22(2)26(18-21)30-28(32)27(25-8-4-3-5-9-25)29-19-23-12-14-24(15-13-23)20-31-16-6-7-17-31/h3-5,8-15,18,27,29H,6-7,16-17,19-20H2,1-2H3,(H,30,32)/t27-/m1/s1. The van der Waals surface area contributed by atoms with E-state index >= 15 is 0 Å². The summed E-state index contributed by atoms with van der Waals surface area (Å²) in [5, 5.41) is 6.60.